The second-order valence-corrected chi connectivity index (χ2v) is 4.41. The monoisotopic (exact) mass is 271 g/mol. The van der Waals surface area contributed by atoms with E-state index < -0.39 is 5.97 Å². The minimum absolute atomic E-state index is 0.0895. The first-order chi connectivity index (χ1) is 9.58. The lowest BCUT2D eigenvalue weighted by atomic mass is 10.1. The summed E-state index contributed by atoms with van der Waals surface area (Å²) < 4.78 is 15.6. The molecule has 2 aromatic heterocycles. The van der Waals surface area contributed by atoms with E-state index in [-0.39, 0.29) is 17.2 Å². The first-order valence-corrected chi connectivity index (χ1v) is 5.91. The fourth-order valence-corrected chi connectivity index (χ4v) is 2.02. The molecular weight excluding hydrogens is 261 g/mol. The molecule has 0 aliphatic heterocycles. The number of fused-ring (bicyclic) bond motifs is 1. The highest BCUT2D eigenvalue weighted by molar-refractivity contribution is 5.87. The minimum Gasteiger partial charge on any atom is -0.478 e. The van der Waals surface area contributed by atoms with Gasteiger partial charge in [0.15, 0.2) is 11.5 Å². The van der Waals surface area contributed by atoms with E-state index in [1.54, 1.807) is 25.1 Å². The predicted octanol–water partition coefficient (Wildman–Crippen LogP) is 2.54. The first kappa shape index (κ1) is 12.3. The smallest absolute Gasteiger partial charge is 0.337 e. The molecule has 0 saturated carbocycles. The van der Waals surface area contributed by atoms with Crippen LogP contribution in [0.5, 0.6) is 0 Å². The van der Waals surface area contributed by atoms with E-state index in [2.05, 4.69) is 10.2 Å². The van der Waals surface area contributed by atoms with Crippen LogP contribution in [0, 0.1) is 12.7 Å². The Morgan fingerprint density at radius 1 is 1.25 bits per heavy atom. The minimum atomic E-state index is -1.06. The Labute approximate surface area is 113 Å². The van der Waals surface area contributed by atoms with E-state index in [1.165, 1.54) is 22.7 Å². The van der Waals surface area contributed by atoms with Gasteiger partial charge in [-0.1, -0.05) is 12.1 Å². The summed E-state index contributed by atoms with van der Waals surface area (Å²) in [6, 6.07) is 7.93. The molecule has 0 aliphatic rings. The molecular formula is C14H10FN3O2. The number of carboxylic acid groups (broad SMARTS) is 1. The van der Waals surface area contributed by atoms with Crippen molar-refractivity contribution < 1.29 is 14.3 Å². The topological polar surface area (TPSA) is 67.5 Å². The molecule has 1 aromatic carbocycles. The maximum Gasteiger partial charge on any atom is 0.337 e. The molecule has 1 N–H and O–H groups in total. The third-order valence-electron chi connectivity index (χ3n) is 3.08. The van der Waals surface area contributed by atoms with Gasteiger partial charge < -0.3 is 5.11 Å². The molecule has 3 rings (SSSR count). The van der Waals surface area contributed by atoms with Crippen molar-refractivity contribution in [3.05, 3.63) is 53.5 Å². The highest BCUT2D eigenvalue weighted by atomic mass is 19.1. The van der Waals surface area contributed by atoms with Crippen LogP contribution in [-0.2, 0) is 0 Å². The van der Waals surface area contributed by atoms with Gasteiger partial charge in [-0.05, 0) is 30.7 Å². The Bertz CT molecular complexity index is 826. The molecule has 0 saturated heterocycles. The van der Waals surface area contributed by atoms with Gasteiger partial charge in [0.2, 0.25) is 0 Å². The van der Waals surface area contributed by atoms with Gasteiger partial charge in [-0.3, -0.25) is 4.40 Å². The van der Waals surface area contributed by atoms with Gasteiger partial charge in [0.1, 0.15) is 5.82 Å². The zero-order chi connectivity index (χ0) is 14.3. The molecule has 0 radical (unpaired) electrons. The Balaban J connectivity index is 2.28. The molecule has 0 fully saturated rings. The summed E-state index contributed by atoms with van der Waals surface area (Å²) in [6.07, 6.45) is 1.38. The van der Waals surface area contributed by atoms with Gasteiger partial charge in [0.25, 0.3) is 0 Å². The fraction of sp³-hybridized carbons (Fsp3) is 0.0714. The second-order valence-electron chi connectivity index (χ2n) is 4.41. The van der Waals surface area contributed by atoms with Crippen molar-refractivity contribution >= 4 is 11.6 Å². The molecule has 0 spiro atoms. The number of pyridine rings is 1. The number of nitrogens with zero attached hydrogens (tertiary/aromatic N) is 3. The van der Waals surface area contributed by atoms with Crippen LogP contribution in [-0.4, -0.2) is 25.7 Å². The largest absolute Gasteiger partial charge is 0.478 e. The van der Waals surface area contributed by atoms with Gasteiger partial charge in [-0.25, -0.2) is 9.18 Å². The summed E-state index contributed by atoms with van der Waals surface area (Å²) in [5.41, 5.74) is 1.34. The van der Waals surface area contributed by atoms with E-state index in [0.717, 1.165) is 0 Å². The quantitative estimate of drug-likeness (QED) is 0.777. The van der Waals surface area contributed by atoms with E-state index >= 15 is 0 Å². The summed E-state index contributed by atoms with van der Waals surface area (Å²) in [6.45, 7) is 1.66. The summed E-state index contributed by atoms with van der Waals surface area (Å²) in [7, 11) is 0. The van der Waals surface area contributed by atoms with Crippen molar-refractivity contribution in [1.29, 1.82) is 0 Å². The van der Waals surface area contributed by atoms with Gasteiger partial charge >= 0.3 is 5.97 Å². The van der Waals surface area contributed by atoms with E-state index in [0.29, 0.717) is 16.8 Å². The number of aryl methyl sites for hydroxylation is 1. The maximum absolute atomic E-state index is 14.2. The van der Waals surface area contributed by atoms with Crippen LogP contribution in [0.2, 0.25) is 0 Å². The Kier molecular flexibility index (Phi) is 2.71. The molecule has 6 heteroatoms. The van der Waals surface area contributed by atoms with Crippen LogP contribution in [0.3, 0.4) is 0 Å². The number of aromatic carboxylic acids is 1. The molecule has 3 aromatic rings. The van der Waals surface area contributed by atoms with E-state index in [9.17, 15) is 9.18 Å². The Hall–Kier alpha value is -2.76. The Morgan fingerprint density at radius 2 is 2.05 bits per heavy atom. The average Bonchev–Trinajstić information content (AvgIpc) is 2.84. The zero-order valence-electron chi connectivity index (χ0n) is 10.5. The predicted molar refractivity (Wildman–Crippen MR) is 70.1 cm³/mol. The first-order valence-electron chi connectivity index (χ1n) is 5.91. The number of benzene rings is 1. The van der Waals surface area contributed by atoms with Gasteiger partial charge in [0, 0.05) is 6.20 Å². The van der Waals surface area contributed by atoms with Gasteiger partial charge in [0.05, 0.1) is 11.1 Å². The number of aromatic nitrogens is 3. The van der Waals surface area contributed by atoms with Gasteiger partial charge in [-0.15, -0.1) is 10.2 Å². The van der Waals surface area contributed by atoms with E-state index in [1.807, 2.05) is 0 Å². The third-order valence-corrected chi connectivity index (χ3v) is 3.08. The zero-order valence-corrected chi connectivity index (χ0v) is 10.5. The third kappa shape index (κ3) is 1.82. The number of carboxylic acids is 1. The summed E-state index contributed by atoms with van der Waals surface area (Å²) >= 11 is 0. The number of hydrogen-bond acceptors (Lipinski definition) is 3. The second kappa shape index (κ2) is 4.41. The number of carbonyl (C=O) groups is 1. The molecule has 0 aliphatic carbocycles. The normalized spacial score (nSPS) is 10.9. The summed E-state index contributed by atoms with van der Waals surface area (Å²) in [5.74, 6) is -1.16. The lowest BCUT2D eigenvalue weighted by molar-refractivity contribution is 0.0696. The lowest BCUT2D eigenvalue weighted by Gasteiger charge is -2.04. The standard InChI is InChI=1S/C14H10FN3O2/c1-8-3-2-4-10(12(8)15)13-17-16-11-6-5-9(14(19)20)7-18(11)13/h2-7H,1H3,(H,19,20). The van der Waals surface area contributed by atoms with Crippen molar-refractivity contribution in [1.82, 2.24) is 14.6 Å². The van der Waals surface area contributed by atoms with Crippen LogP contribution in [0.1, 0.15) is 15.9 Å². The van der Waals surface area contributed by atoms with E-state index in [4.69, 9.17) is 5.11 Å². The fourth-order valence-electron chi connectivity index (χ4n) is 2.02. The Morgan fingerprint density at radius 3 is 2.80 bits per heavy atom. The van der Waals surface area contributed by atoms with Crippen molar-refractivity contribution in [2.24, 2.45) is 0 Å². The molecule has 0 atom stereocenters. The van der Waals surface area contributed by atoms with Crippen LogP contribution >= 0.6 is 0 Å². The van der Waals surface area contributed by atoms with Crippen LogP contribution in [0.25, 0.3) is 17.0 Å². The molecule has 0 amide bonds. The highest BCUT2D eigenvalue weighted by Crippen LogP contribution is 2.24. The van der Waals surface area contributed by atoms with Crippen molar-refractivity contribution in [2.45, 2.75) is 6.92 Å². The van der Waals surface area contributed by atoms with Crippen molar-refractivity contribution in [3.63, 3.8) is 0 Å². The molecule has 0 bridgehead atoms. The summed E-state index contributed by atoms with van der Waals surface area (Å²) in [4.78, 5) is 11.0. The van der Waals surface area contributed by atoms with Crippen LogP contribution in [0.4, 0.5) is 4.39 Å². The van der Waals surface area contributed by atoms with Crippen LogP contribution in [0.15, 0.2) is 36.5 Å². The molecule has 5 nitrogen and oxygen atoms in total. The molecule has 100 valence electrons. The van der Waals surface area contributed by atoms with Gasteiger partial charge in [-0.2, -0.15) is 0 Å². The number of rotatable bonds is 2. The average molecular weight is 271 g/mol. The lowest BCUT2D eigenvalue weighted by Crippen LogP contribution is -2.00. The van der Waals surface area contributed by atoms with Crippen molar-refractivity contribution in [2.75, 3.05) is 0 Å². The van der Waals surface area contributed by atoms with Crippen LogP contribution < -0.4 is 0 Å². The molecule has 0 unspecified atom stereocenters. The van der Waals surface area contributed by atoms with Crippen molar-refractivity contribution in [3.8, 4) is 11.4 Å². The maximum atomic E-state index is 14.2. The summed E-state index contributed by atoms with van der Waals surface area (Å²) in [5, 5.41) is 16.9. The number of hydrogen-bond donors (Lipinski definition) is 1. The highest BCUT2D eigenvalue weighted by Gasteiger charge is 2.15. The SMILES string of the molecule is Cc1cccc(-c2nnc3ccc(C(=O)O)cn23)c1F. The molecule has 2 heterocycles. The molecule has 20 heavy (non-hydrogen) atoms. The number of halogens is 1.